The zero-order chi connectivity index (χ0) is 14.9. The highest BCUT2D eigenvalue weighted by molar-refractivity contribution is 7.79. The van der Waals surface area contributed by atoms with Gasteiger partial charge in [-0.1, -0.05) is 91.0 Å². The Bertz CT molecular complexity index is 533. The molecule has 0 heterocycles. The Balaban J connectivity index is 0.000000774. The topological polar surface area (TPSA) is 40.5 Å². The fraction of sp³-hybridized carbons (Fsp3) is 0. The van der Waals surface area contributed by atoms with E-state index in [0.717, 1.165) is 0 Å². The minimum Gasteiger partial charge on any atom is -0.255 e. The average Bonchev–Trinajstić information content (AvgIpc) is 2.60. The van der Waals surface area contributed by atoms with Crippen molar-refractivity contribution in [2.75, 3.05) is 0 Å². The highest BCUT2D eigenvalue weighted by Crippen LogP contribution is 2.32. The Morgan fingerprint density at radius 3 is 0.905 bits per heavy atom. The van der Waals surface area contributed by atoms with Gasteiger partial charge < -0.3 is 0 Å². The molecule has 3 rings (SSSR count). The SMILES string of the molecule is OO.c1ccc(P(c2ccccc2)c2ccccc2)cc1. The normalized spacial score (nSPS) is 9.86. The summed E-state index contributed by atoms with van der Waals surface area (Å²) in [5.41, 5.74) is 0. The quantitative estimate of drug-likeness (QED) is 0.441. The summed E-state index contributed by atoms with van der Waals surface area (Å²) in [5, 5.41) is 16.2. The molecule has 0 saturated carbocycles. The van der Waals surface area contributed by atoms with Gasteiger partial charge in [0.15, 0.2) is 0 Å². The van der Waals surface area contributed by atoms with Crippen LogP contribution in [-0.2, 0) is 0 Å². The van der Waals surface area contributed by atoms with Crippen molar-refractivity contribution >= 4 is 23.8 Å². The molecule has 0 bridgehead atoms. The van der Waals surface area contributed by atoms with E-state index in [1.165, 1.54) is 15.9 Å². The Hall–Kier alpha value is -1.99. The molecule has 0 radical (unpaired) electrons. The molecule has 0 amide bonds. The van der Waals surface area contributed by atoms with Gasteiger partial charge in [0.25, 0.3) is 0 Å². The summed E-state index contributed by atoms with van der Waals surface area (Å²) in [6.07, 6.45) is 0. The second-order valence-corrected chi connectivity index (χ2v) is 6.56. The molecule has 0 spiro atoms. The first-order valence-electron chi connectivity index (χ1n) is 6.60. The molecule has 106 valence electrons. The summed E-state index contributed by atoms with van der Waals surface area (Å²) < 4.78 is 0. The monoisotopic (exact) mass is 296 g/mol. The Morgan fingerprint density at radius 1 is 0.429 bits per heavy atom. The van der Waals surface area contributed by atoms with Crippen LogP contribution in [0.5, 0.6) is 0 Å². The van der Waals surface area contributed by atoms with E-state index in [1.807, 2.05) is 0 Å². The molecule has 3 aromatic rings. The van der Waals surface area contributed by atoms with Crippen molar-refractivity contribution in [3.8, 4) is 0 Å². The summed E-state index contributed by atoms with van der Waals surface area (Å²) in [4.78, 5) is 0. The third kappa shape index (κ3) is 3.99. The van der Waals surface area contributed by atoms with Gasteiger partial charge in [-0.05, 0) is 23.8 Å². The Labute approximate surface area is 126 Å². The lowest BCUT2D eigenvalue weighted by molar-refractivity contribution is -0.176. The van der Waals surface area contributed by atoms with E-state index in [1.54, 1.807) is 0 Å². The fourth-order valence-corrected chi connectivity index (χ4v) is 4.48. The van der Waals surface area contributed by atoms with Gasteiger partial charge in [0, 0.05) is 0 Å². The molecular formula is C18H17O2P. The molecule has 0 atom stereocenters. The molecule has 2 nitrogen and oxygen atoms in total. The molecular weight excluding hydrogens is 279 g/mol. The third-order valence-electron chi connectivity index (χ3n) is 3.04. The van der Waals surface area contributed by atoms with Crippen LogP contribution in [0.25, 0.3) is 0 Å². The lowest BCUT2D eigenvalue weighted by atomic mass is 10.4. The van der Waals surface area contributed by atoms with Crippen LogP contribution >= 0.6 is 7.92 Å². The van der Waals surface area contributed by atoms with Crippen LogP contribution in [0.3, 0.4) is 0 Å². The fourth-order valence-electron chi connectivity index (χ4n) is 2.18. The smallest absolute Gasteiger partial charge is 0.0134 e. The van der Waals surface area contributed by atoms with Gasteiger partial charge in [0.2, 0.25) is 0 Å². The van der Waals surface area contributed by atoms with Gasteiger partial charge in [0.05, 0.1) is 0 Å². The van der Waals surface area contributed by atoms with E-state index in [0.29, 0.717) is 0 Å². The van der Waals surface area contributed by atoms with Crippen LogP contribution < -0.4 is 15.9 Å². The molecule has 0 fully saturated rings. The number of hydrogen-bond acceptors (Lipinski definition) is 2. The minimum atomic E-state index is -0.446. The van der Waals surface area contributed by atoms with E-state index < -0.39 is 7.92 Å². The molecule has 3 heteroatoms. The van der Waals surface area contributed by atoms with Crippen LogP contribution in [0.2, 0.25) is 0 Å². The number of hydrogen-bond donors (Lipinski definition) is 2. The summed E-state index contributed by atoms with van der Waals surface area (Å²) in [6, 6.07) is 32.3. The van der Waals surface area contributed by atoms with Crippen molar-refractivity contribution in [1.29, 1.82) is 0 Å². The molecule has 3 aromatic carbocycles. The van der Waals surface area contributed by atoms with Gasteiger partial charge in [-0.15, -0.1) is 0 Å². The van der Waals surface area contributed by atoms with Crippen molar-refractivity contribution in [2.24, 2.45) is 0 Å². The molecule has 0 unspecified atom stereocenters. The maximum absolute atomic E-state index is 6.00. The highest BCUT2D eigenvalue weighted by Gasteiger charge is 2.14. The first-order chi connectivity index (χ1) is 10.4. The van der Waals surface area contributed by atoms with Gasteiger partial charge in [-0.25, -0.2) is 0 Å². The van der Waals surface area contributed by atoms with Crippen LogP contribution in [-0.4, -0.2) is 10.5 Å². The second kappa shape index (κ2) is 8.33. The zero-order valence-electron chi connectivity index (χ0n) is 11.5. The van der Waals surface area contributed by atoms with E-state index in [9.17, 15) is 0 Å². The molecule has 21 heavy (non-hydrogen) atoms. The average molecular weight is 296 g/mol. The van der Waals surface area contributed by atoms with Crippen LogP contribution in [0.1, 0.15) is 0 Å². The summed E-state index contributed by atoms with van der Waals surface area (Å²) in [6.45, 7) is 0. The molecule has 0 aliphatic rings. The second-order valence-electron chi connectivity index (χ2n) is 4.34. The van der Waals surface area contributed by atoms with Gasteiger partial charge in [-0.2, -0.15) is 0 Å². The predicted octanol–water partition coefficient (Wildman–Crippen LogP) is 3.46. The predicted molar refractivity (Wildman–Crippen MR) is 90.4 cm³/mol. The Kier molecular flexibility index (Phi) is 6.11. The molecule has 0 aromatic heterocycles. The third-order valence-corrected chi connectivity index (χ3v) is 5.49. The largest absolute Gasteiger partial charge is 0.255 e. The van der Waals surface area contributed by atoms with Crippen molar-refractivity contribution in [2.45, 2.75) is 0 Å². The highest BCUT2D eigenvalue weighted by atomic mass is 31.1. The molecule has 0 aliphatic heterocycles. The maximum atomic E-state index is 6.00. The van der Waals surface area contributed by atoms with E-state index in [-0.39, 0.29) is 0 Å². The van der Waals surface area contributed by atoms with Crippen LogP contribution in [0.15, 0.2) is 91.0 Å². The van der Waals surface area contributed by atoms with E-state index in [2.05, 4.69) is 91.0 Å². The first kappa shape index (κ1) is 15.4. The van der Waals surface area contributed by atoms with E-state index in [4.69, 9.17) is 10.5 Å². The van der Waals surface area contributed by atoms with Crippen molar-refractivity contribution in [3.63, 3.8) is 0 Å². The summed E-state index contributed by atoms with van der Waals surface area (Å²) in [7, 11) is -0.446. The number of rotatable bonds is 3. The van der Waals surface area contributed by atoms with Gasteiger partial charge in [-0.3, -0.25) is 10.5 Å². The standard InChI is InChI=1S/C18H15P.H2O2/c1-4-10-16(11-5-1)19(17-12-6-2-7-13-17)18-14-8-3-9-15-18;1-2/h1-15H;1-2H. The molecule has 0 aliphatic carbocycles. The van der Waals surface area contributed by atoms with E-state index >= 15 is 0 Å². The van der Waals surface area contributed by atoms with Crippen LogP contribution in [0, 0.1) is 0 Å². The molecule has 0 saturated heterocycles. The maximum Gasteiger partial charge on any atom is -0.0134 e. The van der Waals surface area contributed by atoms with Crippen molar-refractivity contribution in [1.82, 2.24) is 0 Å². The summed E-state index contributed by atoms with van der Waals surface area (Å²) >= 11 is 0. The number of benzene rings is 3. The first-order valence-corrected chi connectivity index (χ1v) is 7.94. The minimum absolute atomic E-state index is 0.446. The van der Waals surface area contributed by atoms with Crippen molar-refractivity contribution in [3.05, 3.63) is 91.0 Å². The Morgan fingerprint density at radius 2 is 0.667 bits per heavy atom. The van der Waals surface area contributed by atoms with Crippen LogP contribution in [0.4, 0.5) is 0 Å². The zero-order valence-corrected chi connectivity index (χ0v) is 12.4. The molecule has 2 N–H and O–H groups in total. The summed E-state index contributed by atoms with van der Waals surface area (Å²) in [5.74, 6) is 0. The lowest BCUT2D eigenvalue weighted by Crippen LogP contribution is -2.20. The lowest BCUT2D eigenvalue weighted by Gasteiger charge is -2.18. The van der Waals surface area contributed by atoms with Gasteiger partial charge >= 0.3 is 0 Å². The van der Waals surface area contributed by atoms with Gasteiger partial charge in [0.1, 0.15) is 0 Å². The van der Waals surface area contributed by atoms with Crippen molar-refractivity contribution < 1.29 is 10.5 Å².